The van der Waals surface area contributed by atoms with Gasteiger partial charge in [-0.1, -0.05) is 17.7 Å². The Hall–Kier alpha value is -2.40. The molecule has 0 fully saturated rings. The zero-order valence-electron chi connectivity index (χ0n) is 9.97. The van der Waals surface area contributed by atoms with Gasteiger partial charge in [0.15, 0.2) is 0 Å². The van der Waals surface area contributed by atoms with Gasteiger partial charge in [-0.2, -0.15) is 0 Å². The standard InChI is InChI=1S/C14H7ClFNO3/c15-8-2-1-3-10(6-8)17-13(18)11-7-9(16)4-5-12(11)20-14(17)19/h1-7H. The molecule has 3 rings (SSSR count). The summed E-state index contributed by atoms with van der Waals surface area (Å²) in [5, 5.41) is 0.359. The minimum Gasteiger partial charge on any atom is -0.409 e. The Labute approximate surface area is 116 Å². The van der Waals surface area contributed by atoms with Gasteiger partial charge < -0.3 is 4.42 Å². The average molecular weight is 292 g/mol. The largest absolute Gasteiger partial charge is 0.426 e. The van der Waals surface area contributed by atoms with Crippen molar-refractivity contribution in [3.63, 3.8) is 0 Å². The molecule has 0 aliphatic carbocycles. The first kappa shape index (κ1) is 12.6. The van der Waals surface area contributed by atoms with Crippen LogP contribution < -0.4 is 11.3 Å². The Kier molecular flexibility index (Phi) is 2.91. The van der Waals surface area contributed by atoms with Gasteiger partial charge in [0.2, 0.25) is 0 Å². The van der Waals surface area contributed by atoms with Crippen molar-refractivity contribution in [2.45, 2.75) is 0 Å². The summed E-state index contributed by atoms with van der Waals surface area (Å²) in [6.45, 7) is 0. The van der Waals surface area contributed by atoms with Crippen LogP contribution in [-0.4, -0.2) is 4.57 Å². The second kappa shape index (κ2) is 4.61. The number of hydrogen-bond acceptors (Lipinski definition) is 3. The number of halogens is 2. The van der Waals surface area contributed by atoms with E-state index in [1.807, 2.05) is 0 Å². The number of rotatable bonds is 1. The molecule has 20 heavy (non-hydrogen) atoms. The van der Waals surface area contributed by atoms with E-state index < -0.39 is 17.1 Å². The van der Waals surface area contributed by atoms with Crippen molar-refractivity contribution in [2.24, 2.45) is 0 Å². The van der Waals surface area contributed by atoms with Crippen LogP contribution in [0.1, 0.15) is 0 Å². The summed E-state index contributed by atoms with van der Waals surface area (Å²) in [5.74, 6) is -1.43. The van der Waals surface area contributed by atoms with Crippen LogP contribution in [0.4, 0.5) is 4.39 Å². The van der Waals surface area contributed by atoms with Crippen LogP contribution in [0.25, 0.3) is 16.7 Å². The summed E-state index contributed by atoms with van der Waals surface area (Å²) >= 11 is 5.83. The van der Waals surface area contributed by atoms with Gasteiger partial charge in [0, 0.05) is 5.02 Å². The van der Waals surface area contributed by atoms with Gasteiger partial charge in [0.05, 0.1) is 11.1 Å². The highest BCUT2D eigenvalue weighted by Gasteiger charge is 2.12. The third-order valence-electron chi connectivity index (χ3n) is 2.82. The van der Waals surface area contributed by atoms with Gasteiger partial charge in [-0.3, -0.25) is 4.79 Å². The molecule has 0 aliphatic rings. The smallest absolute Gasteiger partial charge is 0.409 e. The average Bonchev–Trinajstić information content (AvgIpc) is 2.40. The lowest BCUT2D eigenvalue weighted by molar-refractivity contribution is 0.502. The van der Waals surface area contributed by atoms with Crippen LogP contribution in [-0.2, 0) is 0 Å². The summed E-state index contributed by atoms with van der Waals surface area (Å²) in [6, 6.07) is 9.59. The summed E-state index contributed by atoms with van der Waals surface area (Å²) < 4.78 is 19.1. The molecule has 100 valence electrons. The minimum atomic E-state index is -0.851. The van der Waals surface area contributed by atoms with Crippen molar-refractivity contribution in [1.29, 1.82) is 0 Å². The summed E-state index contributed by atoms with van der Waals surface area (Å²) in [7, 11) is 0. The van der Waals surface area contributed by atoms with Gasteiger partial charge in [-0.25, -0.2) is 13.8 Å². The summed E-state index contributed by atoms with van der Waals surface area (Å²) in [6.07, 6.45) is 0. The number of nitrogens with zero attached hydrogens (tertiary/aromatic N) is 1. The molecule has 0 aliphatic heterocycles. The van der Waals surface area contributed by atoms with Gasteiger partial charge in [-0.15, -0.1) is 0 Å². The molecule has 0 saturated carbocycles. The minimum absolute atomic E-state index is 0.00965. The van der Waals surface area contributed by atoms with E-state index in [1.165, 1.54) is 18.2 Å². The van der Waals surface area contributed by atoms with Crippen LogP contribution in [0.15, 0.2) is 56.5 Å². The van der Waals surface area contributed by atoms with Crippen molar-refractivity contribution in [2.75, 3.05) is 0 Å². The Balaban J connectivity index is 2.42. The molecule has 0 unspecified atom stereocenters. The lowest BCUT2D eigenvalue weighted by Crippen LogP contribution is -2.30. The quantitative estimate of drug-likeness (QED) is 0.693. The monoisotopic (exact) mass is 291 g/mol. The number of aromatic nitrogens is 1. The van der Waals surface area contributed by atoms with Gasteiger partial charge in [-0.05, 0) is 36.4 Å². The zero-order valence-corrected chi connectivity index (χ0v) is 10.7. The molecular formula is C14H7ClFNO3. The zero-order chi connectivity index (χ0) is 14.3. The topological polar surface area (TPSA) is 52.2 Å². The Morgan fingerprint density at radius 2 is 1.90 bits per heavy atom. The van der Waals surface area contributed by atoms with E-state index in [1.54, 1.807) is 12.1 Å². The SMILES string of the molecule is O=c1oc2ccc(F)cc2c(=O)n1-c1cccc(Cl)c1. The molecule has 6 heteroatoms. The molecule has 0 saturated heterocycles. The first-order chi connectivity index (χ1) is 9.56. The van der Waals surface area contributed by atoms with Crippen molar-refractivity contribution in [1.82, 2.24) is 4.57 Å². The van der Waals surface area contributed by atoms with E-state index in [2.05, 4.69) is 0 Å². The van der Waals surface area contributed by atoms with Crippen LogP contribution >= 0.6 is 11.6 Å². The maximum Gasteiger partial charge on any atom is 0.426 e. The third-order valence-corrected chi connectivity index (χ3v) is 3.06. The molecule has 0 atom stereocenters. The molecule has 0 N–H and O–H groups in total. The fourth-order valence-electron chi connectivity index (χ4n) is 1.94. The second-order valence-corrected chi connectivity index (χ2v) is 4.57. The molecule has 3 aromatic rings. The van der Waals surface area contributed by atoms with Gasteiger partial charge in [0.25, 0.3) is 5.56 Å². The Morgan fingerprint density at radius 3 is 2.65 bits per heavy atom. The molecule has 2 aromatic carbocycles. The highest BCUT2D eigenvalue weighted by molar-refractivity contribution is 6.30. The molecule has 1 aromatic heterocycles. The number of benzene rings is 2. The Bertz CT molecular complexity index is 930. The third kappa shape index (κ3) is 2.02. The second-order valence-electron chi connectivity index (χ2n) is 4.13. The van der Waals surface area contributed by atoms with Gasteiger partial charge in [0.1, 0.15) is 11.4 Å². The number of hydrogen-bond donors (Lipinski definition) is 0. The maximum absolute atomic E-state index is 13.2. The van der Waals surface area contributed by atoms with Crippen LogP contribution in [0.5, 0.6) is 0 Å². The highest BCUT2D eigenvalue weighted by Crippen LogP contribution is 2.14. The molecule has 0 radical (unpaired) electrons. The van der Waals surface area contributed by atoms with Gasteiger partial charge >= 0.3 is 5.76 Å². The normalized spacial score (nSPS) is 10.9. The lowest BCUT2D eigenvalue weighted by Gasteiger charge is -2.05. The van der Waals surface area contributed by atoms with E-state index in [0.717, 1.165) is 16.7 Å². The molecule has 0 amide bonds. The highest BCUT2D eigenvalue weighted by atomic mass is 35.5. The van der Waals surface area contributed by atoms with Crippen molar-refractivity contribution in [3.8, 4) is 5.69 Å². The fraction of sp³-hybridized carbons (Fsp3) is 0. The van der Waals surface area contributed by atoms with Crippen molar-refractivity contribution >= 4 is 22.6 Å². The molecule has 0 spiro atoms. The lowest BCUT2D eigenvalue weighted by atomic mass is 10.2. The summed E-state index contributed by atoms with van der Waals surface area (Å²) in [5.41, 5.74) is -0.347. The van der Waals surface area contributed by atoms with E-state index >= 15 is 0 Å². The Morgan fingerprint density at radius 1 is 1.10 bits per heavy atom. The fourth-order valence-corrected chi connectivity index (χ4v) is 2.12. The predicted octanol–water partition coefficient (Wildman–Crippen LogP) is 2.74. The van der Waals surface area contributed by atoms with Crippen LogP contribution in [0, 0.1) is 5.82 Å². The molecule has 4 nitrogen and oxygen atoms in total. The van der Waals surface area contributed by atoms with Crippen molar-refractivity contribution < 1.29 is 8.81 Å². The first-order valence-corrected chi connectivity index (χ1v) is 6.05. The molecule has 1 heterocycles. The van der Waals surface area contributed by atoms with Crippen molar-refractivity contribution in [3.05, 3.63) is 74.2 Å². The van der Waals surface area contributed by atoms with E-state index in [9.17, 15) is 14.0 Å². The van der Waals surface area contributed by atoms with E-state index in [4.69, 9.17) is 16.0 Å². The van der Waals surface area contributed by atoms with E-state index in [-0.39, 0.29) is 16.7 Å². The van der Waals surface area contributed by atoms with Crippen LogP contribution in [0.3, 0.4) is 0 Å². The van der Waals surface area contributed by atoms with Crippen LogP contribution in [0.2, 0.25) is 5.02 Å². The predicted molar refractivity (Wildman–Crippen MR) is 73.0 cm³/mol. The molecule has 0 bridgehead atoms. The summed E-state index contributed by atoms with van der Waals surface area (Å²) in [4.78, 5) is 24.2. The van der Waals surface area contributed by atoms with E-state index in [0.29, 0.717) is 5.02 Å². The molecular weight excluding hydrogens is 285 g/mol. The first-order valence-electron chi connectivity index (χ1n) is 5.67. The number of fused-ring (bicyclic) bond motifs is 1. The maximum atomic E-state index is 13.2.